The zero-order valence-corrected chi connectivity index (χ0v) is 41.6. The van der Waals surface area contributed by atoms with Gasteiger partial charge >= 0.3 is 5.97 Å². The van der Waals surface area contributed by atoms with Gasteiger partial charge in [0.15, 0.2) is 0 Å². The number of aromatic hydroxyl groups is 1. The molecule has 0 unspecified atom stereocenters. The number of carbonyl (C=O) groups excluding carboxylic acids is 4. The number of amides is 3. The highest BCUT2D eigenvalue weighted by Gasteiger charge is 2.41. The Balaban J connectivity index is 1.30. The molecule has 3 aliphatic rings. The number of aromatic nitrogens is 2. The SMILES string of the molecule is C/C=C/S(=O)(=O)N1CC[C@H](C(=O)N(C)[C@H](C(=O)N[C@H]2Cc3cc(O)cc(c3)-c3ccc4c(c3)c(c(-c3ccncc3[C@H](C)OC)n4CC)CC(C)(C)COC(=O)[C@@H]3CCCN(N3)C2=O)C(C)C)C1. The fraction of sp³-hybridized carbons (Fsp3) is 0.510. The molecule has 2 fully saturated rings. The number of phenolic OH excluding ortho intramolecular Hbond substituents is 1. The van der Waals surface area contributed by atoms with Gasteiger partial charge in [-0.25, -0.2) is 13.8 Å². The van der Waals surface area contributed by atoms with Crippen molar-refractivity contribution in [2.45, 2.75) is 111 Å². The van der Waals surface area contributed by atoms with Gasteiger partial charge in [0, 0.05) is 92.0 Å². The second-order valence-electron chi connectivity index (χ2n) is 19.6. The molecule has 0 saturated carbocycles. The molecule has 4 aromatic rings. The Morgan fingerprint density at radius 1 is 1.09 bits per heavy atom. The van der Waals surface area contributed by atoms with Crippen molar-refractivity contribution in [3.8, 4) is 28.1 Å². The van der Waals surface area contributed by atoms with Crippen LogP contribution in [0.2, 0.25) is 0 Å². The number of hydrogen-bond donors (Lipinski definition) is 3. The van der Waals surface area contributed by atoms with E-state index in [1.165, 1.54) is 27.3 Å². The number of likely N-dealkylation sites (N-methyl/N-ethyl adjacent to an activating group) is 1. The Morgan fingerprint density at radius 3 is 2.56 bits per heavy atom. The molecule has 2 aromatic carbocycles. The molecular formula is C51H67N7O9S. The van der Waals surface area contributed by atoms with Gasteiger partial charge in [-0.2, -0.15) is 4.31 Å². The molecule has 68 heavy (non-hydrogen) atoms. The van der Waals surface area contributed by atoms with Crippen LogP contribution in [0.25, 0.3) is 33.3 Å². The first-order valence-corrected chi connectivity index (χ1v) is 25.2. The van der Waals surface area contributed by atoms with E-state index in [-0.39, 0.29) is 50.4 Å². The average molecular weight is 954 g/mol. The number of carbonyl (C=O) groups is 4. The molecule has 17 heteroatoms. The number of phenols is 1. The lowest BCUT2D eigenvalue weighted by molar-refractivity contribution is -0.155. The van der Waals surface area contributed by atoms with Crippen molar-refractivity contribution < 1.29 is 42.2 Å². The summed E-state index contributed by atoms with van der Waals surface area (Å²) in [6, 6.07) is 10.3. The highest BCUT2D eigenvalue weighted by atomic mass is 32.2. The molecule has 16 nitrogen and oxygen atoms in total. The molecule has 6 bridgehead atoms. The predicted octanol–water partition coefficient (Wildman–Crippen LogP) is 6.12. The summed E-state index contributed by atoms with van der Waals surface area (Å²) in [5, 5.41) is 17.8. The minimum absolute atomic E-state index is 0.00979. The van der Waals surface area contributed by atoms with Crippen LogP contribution in [0.1, 0.15) is 90.5 Å². The minimum Gasteiger partial charge on any atom is -0.508 e. The summed E-state index contributed by atoms with van der Waals surface area (Å²) in [4.78, 5) is 63.1. The number of pyridine rings is 1. The number of esters is 1. The fourth-order valence-electron chi connectivity index (χ4n) is 10.1. The Morgan fingerprint density at radius 2 is 1.85 bits per heavy atom. The van der Waals surface area contributed by atoms with Crippen molar-refractivity contribution in [1.29, 1.82) is 0 Å². The molecule has 5 atom stereocenters. The van der Waals surface area contributed by atoms with Crippen LogP contribution in [0, 0.1) is 17.3 Å². The number of cyclic esters (lactones) is 1. The van der Waals surface area contributed by atoms with Crippen LogP contribution in [-0.4, -0.2) is 120 Å². The van der Waals surface area contributed by atoms with Crippen molar-refractivity contribution in [3.63, 3.8) is 0 Å². The maximum atomic E-state index is 14.7. The van der Waals surface area contributed by atoms with Crippen LogP contribution in [0.4, 0.5) is 0 Å². The molecule has 0 aliphatic carbocycles. The van der Waals surface area contributed by atoms with Crippen molar-refractivity contribution in [2.24, 2.45) is 17.3 Å². The van der Waals surface area contributed by atoms with E-state index < -0.39 is 63.2 Å². The first kappa shape index (κ1) is 50.3. The second-order valence-corrected chi connectivity index (χ2v) is 21.4. The van der Waals surface area contributed by atoms with Crippen LogP contribution in [0.5, 0.6) is 5.75 Å². The number of rotatable bonds is 11. The summed E-state index contributed by atoms with van der Waals surface area (Å²) >= 11 is 0. The number of fused-ring (bicyclic) bond motifs is 6. The number of allylic oxidation sites excluding steroid dienone is 1. The molecule has 3 aliphatic heterocycles. The lowest BCUT2D eigenvalue weighted by Crippen LogP contribution is -2.62. The molecule has 0 radical (unpaired) electrons. The molecular weight excluding hydrogens is 887 g/mol. The highest BCUT2D eigenvalue weighted by Crippen LogP contribution is 2.42. The standard InChI is InChI=1S/C51H67N7O9S/c1-10-21-68(64,65)56-20-17-35(29-56)48(61)55(8)45(31(3)4)47(60)53-43-24-33-22-36(25-37(59)23-33)34-14-15-44-39(26-34)40(46(57(44)11-2)38-16-18-52-28-41(38)32(5)66-9)27-51(6,7)30-67-50(63)42-13-12-19-58(54-42)49(43)62/h10,14-16,18,21-23,25-26,28,31-32,35,42-43,45,54,59H,11-13,17,19-20,24,27,29-30H2,1-9H3,(H,53,60)/b21-10+/t32-,35-,42-,43-,45-/m0/s1. The zero-order chi connectivity index (χ0) is 49.2. The molecule has 366 valence electrons. The molecule has 3 N–H and O–H groups in total. The number of ether oxygens (including phenoxy) is 2. The smallest absolute Gasteiger partial charge is 0.324 e. The van der Waals surface area contributed by atoms with Crippen LogP contribution < -0.4 is 10.7 Å². The Labute approximate surface area is 400 Å². The number of nitrogens with one attached hydrogen (secondary N) is 2. The maximum Gasteiger partial charge on any atom is 0.324 e. The van der Waals surface area contributed by atoms with Gasteiger partial charge in [0.25, 0.3) is 5.91 Å². The maximum absolute atomic E-state index is 14.7. The van der Waals surface area contributed by atoms with Gasteiger partial charge in [0.05, 0.1) is 24.3 Å². The van der Waals surface area contributed by atoms with Crippen LogP contribution in [0.15, 0.2) is 66.3 Å². The lowest BCUT2D eigenvalue weighted by atomic mass is 9.83. The van der Waals surface area contributed by atoms with Crippen LogP contribution in [0.3, 0.4) is 0 Å². The first-order chi connectivity index (χ1) is 32.3. The summed E-state index contributed by atoms with van der Waals surface area (Å²) in [5.74, 6) is -3.04. The monoisotopic (exact) mass is 953 g/mol. The van der Waals surface area contributed by atoms with E-state index in [2.05, 4.69) is 53.2 Å². The normalized spacial score (nSPS) is 21.4. The van der Waals surface area contributed by atoms with E-state index in [0.717, 1.165) is 44.3 Å². The van der Waals surface area contributed by atoms with Gasteiger partial charge in [-0.1, -0.05) is 45.9 Å². The molecule has 7 rings (SSSR count). The molecule has 2 aromatic heterocycles. The van der Waals surface area contributed by atoms with Gasteiger partial charge < -0.3 is 29.4 Å². The predicted molar refractivity (Wildman–Crippen MR) is 260 cm³/mol. The summed E-state index contributed by atoms with van der Waals surface area (Å²) in [6.45, 7) is 14.6. The van der Waals surface area contributed by atoms with Crippen molar-refractivity contribution in [1.82, 2.24) is 34.5 Å². The van der Waals surface area contributed by atoms with Gasteiger partial charge in [-0.05, 0) is 105 Å². The van der Waals surface area contributed by atoms with E-state index >= 15 is 0 Å². The topological polar surface area (TPSA) is 193 Å². The Bertz CT molecular complexity index is 2700. The number of hydrogen-bond acceptors (Lipinski definition) is 11. The number of methoxy groups -OCH3 is 1. The number of hydrazine groups is 1. The van der Waals surface area contributed by atoms with Crippen molar-refractivity contribution in [2.75, 3.05) is 40.4 Å². The van der Waals surface area contributed by atoms with E-state index in [1.807, 2.05) is 31.3 Å². The van der Waals surface area contributed by atoms with Crippen molar-refractivity contribution >= 4 is 44.6 Å². The highest BCUT2D eigenvalue weighted by molar-refractivity contribution is 7.92. The van der Waals surface area contributed by atoms with Crippen LogP contribution in [-0.2, 0) is 58.1 Å². The first-order valence-electron chi connectivity index (χ1n) is 23.7. The average Bonchev–Trinajstić information content (AvgIpc) is 3.93. The summed E-state index contributed by atoms with van der Waals surface area (Å²) in [7, 11) is -0.481. The molecule has 3 amide bonds. The van der Waals surface area contributed by atoms with E-state index in [4.69, 9.17) is 9.47 Å². The fourth-order valence-corrected chi connectivity index (χ4v) is 11.4. The lowest BCUT2D eigenvalue weighted by Gasteiger charge is -2.37. The third-order valence-corrected chi connectivity index (χ3v) is 15.2. The number of nitrogens with zero attached hydrogens (tertiary/aromatic N) is 5. The minimum atomic E-state index is -3.69. The van der Waals surface area contributed by atoms with Gasteiger partial charge in [-0.3, -0.25) is 29.2 Å². The molecule has 2 saturated heterocycles. The summed E-state index contributed by atoms with van der Waals surface area (Å²) in [6.07, 6.45) is 6.53. The number of sulfonamides is 1. The Kier molecular flexibility index (Phi) is 15.2. The van der Waals surface area contributed by atoms with Crippen molar-refractivity contribution in [3.05, 3.63) is 83.0 Å². The molecule has 0 spiro atoms. The number of aryl methyl sites for hydroxylation is 1. The zero-order valence-electron chi connectivity index (χ0n) is 40.7. The summed E-state index contributed by atoms with van der Waals surface area (Å²) < 4.78 is 41.0. The summed E-state index contributed by atoms with van der Waals surface area (Å²) in [5.41, 5.74) is 9.64. The van der Waals surface area contributed by atoms with E-state index in [9.17, 15) is 32.7 Å². The quantitative estimate of drug-likeness (QED) is 0.147. The largest absolute Gasteiger partial charge is 0.508 e. The second kappa shape index (κ2) is 20.5. The number of benzene rings is 2. The van der Waals surface area contributed by atoms with E-state index in [0.29, 0.717) is 43.4 Å². The third-order valence-electron chi connectivity index (χ3n) is 13.6. The van der Waals surface area contributed by atoms with Crippen LogP contribution >= 0.6 is 0 Å². The van der Waals surface area contributed by atoms with Gasteiger partial charge in [0.2, 0.25) is 21.8 Å². The van der Waals surface area contributed by atoms with E-state index in [1.54, 1.807) is 46.2 Å². The third kappa shape index (κ3) is 10.5. The van der Waals surface area contributed by atoms with Gasteiger partial charge in [0.1, 0.15) is 23.9 Å². The molecule has 5 heterocycles. The Hall–Kier alpha value is -5.62. The van der Waals surface area contributed by atoms with Gasteiger partial charge in [-0.15, -0.1) is 0 Å².